The van der Waals surface area contributed by atoms with Crippen molar-refractivity contribution in [1.29, 1.82) is 0 Å². The number of rotatable bonds is 3. The van der Waals surface area contributed by atoms with Crippen molar-refractivity contribution in [2.24, 2.45) is 21.1 Å². The SMILES string of the molecule is Cn1c(=O)c2c(nc(-c3ccccc3C(=O)Nc3cccc4cccnc34)n2C)n(C)c1=O. The van der Waals surface area contributed by atoms with Crippen LogP contribution in [0.25, 0.3) is 33.5 Å². The summed E-state index contributed by atoms with van der Waals surface area (Å²) >= 11 is 0. The van der Waals surface area contributed by atoms with Crippen molar-refractivity contribution in [3.05, 3.63) is 87.2 Å². The highest BCUT2D eigenvalue weighted by molar-refractivity contribution is 6.11. The molecule has 3 aromatic heterocycles. The predicted molar refractivity (Wildman–Crippen MR) is 126 cm³/mol. The second-order valence-corrected chi connectivity index (χ2v) is 7.75. The van der Waals surface area contributed by atoms with Gasteiger partial charge in [-0.15, -0.1) is 0 Å². The van der Waals surface area contributed by atoms with E-state index < -0.39 is 11.2 Å². The minimum Gasteiger partial charge on any atom is -0.321 e. The zero-order chi connectivity index (χ0) is 23.3. The average Bonchev–Trinajstić information content (AvgIpc) is 3.18. The first-order chi connectivity index (χ1) is 15.9. The van der Waals surface area contributed by atoms with Crippen molar-refractivity contribution in [2.75, 3.05) is 5.32 Å². The fraction of sp³-hybridized carbons (Fsp3) is 0.125. The summed E-state index contributed by atoms with van der Waals surface area (Å²) in [6, 6.07) is 16.4. The normalized spacial score (nSPS) is 11.2. The fourth-order valence-corrected chi connectivity index (χ4v) is 4.03. The molecule has 0 saturated carbocycles. The van der Waals surface area contributed by atoms with Gasteiger partial charge >= 0.3 is 5.69 Å². The summed E-state index contributed by atoms with van der Waals surface area (Å²) in [4.78, 5) is 47.4. The molecule has 0 bridgehead atoms. The van der Waals surface area contributed by atoms with Crippen LogP contribution in [0.4, 0.5) is 5.69 Å². The number of hydrogen-bond donors (Lipinski definition) is 1. The highest BCUT2D eigenvalue weighted by Crippen LogP contribution is 2.27. The number of anilines is 1. The maximum absolute atomic E-state index is 13.3. The first-order valence-electron chi connectivity index (χ1n) is 10.3. The zero-order valence-electron chi connectivity index (χ0n) is 18.2. The first kappa shape index (κ1) is 20.4. The predicted octanol–water partition coefficient (Wildman–Crippen LogP) is 2.44. The van der Waals surface area contributed by atoms with Gasteiger partial charge in [-0.05, 0) is 18.2 Å². The number of aryl methyl sites for hydroxylation is 2. The molecule has 0 aliphatic rings. The molecule has 1 N–H and O–H groups in total. The minimum absolute atomic E-state index is 0.258. The van der Waals surface area contributed by atoms with Crippen LogP contribution in [0, 0.1) is 0 Å². The molecule has 0 spiro atoms. The highest BCUT2D eigenvalue weighted by atomic mass is 16.2. The second kappa shape index (κ2) is 7.56. The summed E-state index contributed by atoms with van der Waals surface area (Å²) in [7, 11) is 4.68. The molecule has 3 heterocycles. The van der Waals surface area contributed by atoms with Gasteiger partial charge in [0.25, 0.3) is 11.5 Å². The van der Waals surface area contributed by atoms with Gasteiger partial charge < -0.3 is 9.88 Å². The van der Waals surface area contributed by atoms with E-state index in [0.717, 1.165) is 9.95 Å². The Bertz CT molecular complexity index is 1690. The molecule has 0 radical (unpaired) electrons. The van der Waals surface area contributed by atoms with Gasteiger partial charge in [0.15, 0.2) is 11.2 Å². The quantitative estimate of drug-likeness (QED) is 0.464. The van der Waals surface area contributed by atoms with Gasteiger partial charge in [0.1, 0.15) is 5.82 Å². The molecule has 5 aromatic rings. The molecule has 0 atom stereocenters. The molecule has 2 aromatic carbocycles. The maximum atomic E-state index is 13.3. The number of para-hydroxylation sites is 1. The topological polar surface area (TPSA) is 104 Å². The van der Waals surface area contributed by atoms with Crippen molar-refractivity contribution < 1.29 is 4.79 Å². The Morgan fingerprint density at radius 3 is 2.45 bits per heavy atom. The molecule has 0 aliphatic heterocycles. The van der Waals surface area contributed by atoms with E-state index in [-0.39, 0.29) is 17.1 Å². The Hall–Kier alpha value is -4.53. The molecule has 164 valence electrons. The van der Waals surface area contributed by atoms with Crippen LogP contribution >= 0.6 is 0 Å². The molecular formula is C24H20N6O3. The van der Waals surface area contributed by atoms with Gasteiger partial charge in [-0.2, -0.15) is 0 Å². The van der Waals surface area contributed by atoms with Gasteiger partial charge in [0.05, 0.1) is 16.8 Å². The maximum Gasteiger partial charge on any atom is 0.332 e. The van der Waals surface area contributed by atoms with Crippen molar-refractivity contribution in [2.45, 2.75) is 0 Å². The first-order valence-corrected chi connectivity index (χ1v) is 10.3. The number of nitrogens with one attached hydrogen (secondary N) is 1. The molecule has 0 fully saturated rings. The summed E-state index contributed by atoms with van der Waals surface area (Å²) in [5.74, 6) is 0.0719. The van der Waals surface area contributed by atoms with Gasteiger partial charge in [0.2, 0.25) is 0 Å². The van der Waals surface area contributed by atoms with Gasteiger partial charge in [-0.1, -0.05) is 36.4 Å². The summed E-state index contributed by atoms with van der Waals surface area (Å²) < 4.78 is 3.98. The van der Waals surface area contributed by atoms with Crippen LogP contribution in [0.3, 0.4) is 0 Å². The standard InChI is InChI=1S/C24H20N6O3/c1-28-19-21(29(2)24(33)30(3)23(19)32)27-20(28)15-10-4-5-11-16(15)22(31)26-17-12-6-8-14-9-7-13-25-18(14)17/h4-13H,1-3H3,(H,26,31). The van der Waals surface area contributed by atoms with Crippen LogP contribution in [0.2, 0.25) is 0 Å². The van der Waals surface area contributed by atoms with Crippen LogP contribution < -0.4 is 16.6 Å². The molecule has 0 unspecified atom stereocenters. The zero-order valence-corrected chi connectivity index (χ0v) is 18.2. The summed E-state index contributed by atoms with van der Waals surface area (Å²) in [5, 5.41) is 3.86. The number of pyridine rings is 1. The van der Waals surface area contributed by atoms with E-state index in [9.17, 15) is 14.4 Å². The molecular weight excluding hydrogens is 420 g/mol. The monoisotopic (exact) mass is 440 g/mol. The number of amides is 1. The third kappa shape index (κ3) is 3.13. The number of hydrogen-bond acceptors (Lipinski definition) is 5. The van der Waals surface area contributed by atoms with Gasteiger partial charge in [-0.3, -0.25) is 23.7 Å². The Balaban J connectivity index is 1.65. The fourth-order valence-electron chi connectivity index (χ4n) is 4.03. The van der Waals surface area contributed by atoms with E-state index in [1.807, 2.05) is 24.3 Å². The molecule has 0 aliphatic carbocycles. The van der Waals surface area contributed by atoms with E-state index >= 15 is 0 Å². The smallest absolute Gasteiger partial charge is 0.321 e. The van der Waals surface area contributed by atoms with Crippen LogP contribution in [0.5, 0.6) is 0 Å². The van der Waals surface area contributed by atoms with Gasteiger partial charge in [0, 0.05) is 38.3 Å². The number of nitrogens with zero attached hydrogens (tertiary/aromatic N) is 5. The van der Waals surface area contributed by atoms with Crippen LogP contribution in [0.15, 0.2) is 70.4 Å². The van der Waals surface area contributed by atoms with Crippen LogP contribution in [-0.2, 0) is 21.1 Å². The van der Waals surface area contributed by atoms with Crippen LogP contribution in [0.1, 0.15) is 10.4 Å². The summed E-state index contributed by atoms with van der Waals surface area (Å²) in [5.41, 5.74) is 1.82. The molecule has 1 amide bonds. The number of carbonyl (C=O) groups is 1. The second-order valence-electron chi connectivity index (χ2n) is 7.75. The average molecular weight is 440 g/mol. The van der Waals surface area contributed by atoms with E-state index in [1.54, 1.807) is 55.2 Å². The van der Waals surface area contributed by atoms with Crippen molar-refractivity contribution in [3.63, 3.8) is 0 Å². The summed E-state index contributed by atoms with van der Waals surface area (Å²) in [6.07, 6.45) is 1.68. The Labute approximate surface area is 187 Å². The van der Waals surface area contributed by atoms with Crippen LogP contribution in [-0.4, -0.2) is 29.6 Å². The minimum atomic E-state index is -0.466. The van der Waals surface area contributed by atoms with E-state index in [1.165, 1.54) is 11.6 Å². The lowest BCUT2D eigenvalue weighted by Crippen LogP contribution is -2.37. The highest BCUT2D eigenvalue weighted by Gasteiger charge is 2.22. The molecule has 33 heavy (non-hydrogen) atoms. The lowest BCUT2D eigenvalue weighted by atomic mass is 10.1. The number of fused-ring (bicyclic) bond motifs is 2. The largest absolute Gasteiger partial charge is 0.332 e. The number of benzene rings is 2. The molecule has 5 rings (SSSR count). The Morgan fingerprint density at radius 1 is 0.879 bits per heavy atom. The molecule has 9 heteroatoms. The number of aromatic nitrogens is 5. The Kier molecular flexibility index (Phi) is 4.67. The van der Waals surface area contributed by atoms with E-state index in [0.29, 0.717) is 28.2 Å². The van der Waals surface area contributed by atoms with E-state index in [2.05, 4.69) is 15.3 Å². The number of carbonyl (C=O) groups excluding carboxylic acids is 1. The van der Waals surface area contributed by atoms with Crippen molar-refractivity contribution >= 4 is 33.7 Å². The van der Waals surface area contributed by atoms with E-state index in [4.69, 9.17) is 0 Å². The molecule has 9 nitrogen and oxygen atoms in total. The lowest BCUT2D eigenvalue weighted by molar-refractivity contribution is 0.102. The molecule has 0 saturated heterocycles. The third-order valence-corrected chi connectivity index (χ3v) is 5.77. The lowest BCUT2D eigenvalue weighted by Gasteiger charge is -2.11. The third-order valence-electron chi connectivity index (χ3n) is 5.77. The van der Waals surface area contributed by atoms with Gasteiger partial charge in [-0.25, -0.2) is 9.78 Å². The van der Waals surface area contributed by atoms with Crippen molar-refractivity contribution in [3.8, 4) is 11.4 Å². The number of imidazole rings is 1. The summed E-state index contributed by atoms with van der Waals surface area (Å²) in [6.45, 7) is 0. The Morgan fingerprint density at radius 2 is 1.64 bits per heavy atom. The van der Waals surface area contributed by atoms with Crippen molar-refractivity contribution in [1.82, 2.24) is 23.7 Å².